The van der Waals surface area contributed by atoms with Crippen molar-refractivity contribution in [1.29, 1.82) is 0 Å². The number of esters is 1. The van der Waals surface area contributed by atoms with Crippen molar-refractivity contribution in [1.82, 2.24) is 9.55 Å². The maximum atomic E-state index is 13.6. The van der Waals surface area contributed by atoms with Crippen LogP contribution in [-0.4, -0.2) is 48.0 Å². The number of nitrogens with zero attached hydrogens (tertiary/aromatic N) is 2. The molecule has 4 rings (SSSR count). The maximum Gasteiger partial charge on any atom is 0.316 e. The summed E-state index contributed by atoms with van der Waals surface area (Å²) in [7, 11) is 3.07. The molecule has 9 nitrogen and oxygen atoms in total. The van der Waals surface area contributed by atoms with E-state index in [1.165, 1.54) is 18.9 Å². The Kier molecular flexibility index (Phi) is 8.70. The highest BCUT2D eigenvalue weighted by Gasteiger charge is 2.23. The number of benzene rings is 2. The number of amides is 1. The zero-order valence-corrected chi connectivity index (χ0v) is 22.1. The van der Waals surface area contributed by atoms with Crippen LogP contribution in [0.25, 0.3) is 10.9 Å². The van der Waals surface area contributed by atoms with E-state index in [9.17, 15) is 14.4 Å². The van der Waals surface area contributed by atoms with E-state index in [1.807, 2.05) is 0 Å². The summed E-state index contributed by atoms with van der Waals surface area (Å²) < 4.78 is 17.3. The highest BCUT2D eigenvalue weighted by molar-refractivity contribution is 7.99. The normalized spacial score (nSPS) is 13.8. The first kappa shape index (κ1) is 26.5. The van der Waals surface area contributed by atoms with Gasteiger partial charge in [0.15, 0.2) is 16.7 Å². The van der Waals surface area contributed by atoms with Gasteiger partial charge < -0.3 is 19.5 Å². The SMILES string of the molecule is CCOC(=O)CSc1nc2cc(C(=O)Nc3ccc(OC)c(OC)c3)ccc2c(=O)n1C1CCCCC1. The standard InChI is InChI=1S/C27H31N3O6S/c1-4-36-24(31)16-37-27-29-21-14-17(25(32)28-18-11-13-22(34-2)23(15-18)35-3)10-12-20(21)26(33)30(27)19-8-6-5-7-9-19/h10-15,19H,4-9,16H2,1-3H3,(H,28,32). The number of ether oxygens (including phenoxy) is 3. The van der Waals surface area contributed by atoms with Gasteiger partial charge in [-0.3, -0.25) is 19.0 Å². The second kappa shape index (κ2) is 12.1. The molecule has 1 heterocycles. The van der Waals surface area contributed by atoms with E-state index in [1.54, 1.807) is 55.0 Å². The minimum atomic E-state index is -0.361. The van der Waals surface area contributed by atoms with Crippen LogP contribution >= 0.6 is 11.8 Å². The van der Waals surface area contributed by atoms with Gasteiger partial charge in [-0.15, -0.1) is 0 Å². The van der Waals surface area contributed by atoms with Gasteiger partial charge in [0.05, 0.1) is 37.5 Å². The quantitative estimate of drug-likeness (QED) is 0.240. The van der Waals surface area contributed by atoms with E-state index in [4.69, 9.17) is 19.2 Å². The summed E-state index contributed by atoms with van der Waals surface area (Å²) in [5.41, 5.74) is 1.14. The van der Waals surface area contributed by atoms with Crippen molar-refractivity contribution in [2.45, 2.75) is 50.2 Å². The smallest absolute Gasteiger partial charge is 0.316 e. The third-order valence-electron chi connectivity index (χ3n) is 6.34. The molecule has 0 bridgehead atoms. The Balaban J connectivity index is 1.67. The number of thioether (sulfide) groups is 1. The van der Waals surface area contributed by atoms with Crippen LogP contribution in [-0.2, 0) is 9.53 Å². The van der Waals surface area contributed by atoms with Crippen LogP contribution in [0, 0.1) is 0 Å². The molecule has 196 valence electrons. The first-order valence-corrected chi connectivity index (χ1v) is 13.3. The number of methoxy groups -OCH3 is 2. The topological polar surface area (TPSA) is 109 Å². The minimum absolute atomic E-state index is 0.0378. The molecule has 37 heavy (non-hydrogen) atoms. The zero-order chi connectivity index (χ0) is 26.4. The van der Waals surface area contributed by atoms with E-state index in [2.05, 4.69) is 5.32 Å². The molecule has 0 spiro atoms. The van der Waals surface area contributed by atoms with Crippen LogP contribution in [0.15, 0.2) is 46.3 Å². The van der Waals surface area contributed by atoms with Gasteiger partial charge in [0.1, 0.15) is 0 Å². The number of aromatic nitrogens is 2. The van der Waals surface area contributed by atoms with Crippen molar-refractivity contribution < 1.29 is 23.8 Å². The molecule has 0 aliphatic heterocycles. The highest BCUT2D eigenvalue weighted by Crippen LogP contribution is 2.32. The third kappa shape index (κ3) is 6.07. The number of hydrogen-bond donors (Lipinski definition) is 1. The molecule has 1 N–H and O–H groups in total. The molecule has 1 aromatic heterocycles. The summed E-state index contributed by atoms with van der Waals surface area (Å²) in [6.07, 6.45) is 5.03. The summed E-state index contributed by atoms with van der Waals surface area (Å²) in [4.78, 5) is 43.4. The molecule has 1 amide bonds. The summed E-state index contributed by atoms with van der Waals surface area (Å²) in [6.45, 7) is 2.04. The van der Waals surface area contributed by atoms with Crippen molar-refractivity contribution in [2.75, 3.05) is 31.9 Å². The monoisotopic (exact) mass is 525 g/mol. The molecule has 0 radical (unpaired) electrons. The van der Waals surface area contributed by atoms with Gasteiger partial charge in [-0.05, 0) is 50.1 Å². The molecule has 2 aromatic carbocycles. The molecule has 0 saturated heterocycles. The van der Waals surface area contributed by atoms with Crippen LogP contribution in [0.1, 0.15) is 55.4 Å². The number of nitrogens with one attached hydrogen (secondary N) is 1. The van der Waals surface area contributed by atoms with Crippen molar-refractivity contribution in [3.8, 4) is 11.5 Å². The molecule has 1 fully saturated rings. The molecular formula is C27H31N3O6S. The van der Waals surface area contributed by atoms with Gasteiger partial charge >= 0.3 is 5.97 Å². The Labute approximate surface area is 219 Å². The number of carbonyl (C=O) groups excluding carboxylic acids is 2. The van der Waals surface area contributed by atoms with E-state index in [0.717, 1.165) is 32.1 Å². The fraction of sp³-hybridized carbons (Fsp3) is 0.407. The van der Waals surface area contributed by atoms with Gasteiger partial charge in [-0.2, -0.15) is 0 Å². The van der Waals surface area contributed by atoms with E-state index < -0.39 is 0 Å². The molecule has 1 aliphatic rings. The predicted molar refractivity (Wildman–Crippen MR) is 143 cm³/mol. The molecule has 0 unspecified atom stereocenters. The average molecular weight is 526 g/mol. The van der Waals surface area contributed by atoms with Crippen LogP contribution in [0.5, 0.6) is 11.5 Å². The van der Waals surface area contributed by atoms with Gasteiger partial charge in [-0.1, -0.05) is 31.0 Å². The lowest BCUT2D eigenvalue weighted by atomic mass is 9.95. The number of fused-ring (bicyclic) bond motifs is 1. The highest BCUT2D eigenvalue weighted by atomic mass is 32.2. The van der Waals surface area contributed by atoms with Crippen LogP contribution in [0.3, 0.4) is 0 Å². The number of carbonyl (C=O) groups is 2. The molecule has 0 atom stereocenters. The zero-order valence-electron chi connectivity index (χ0n) is 21.2. The van der Waals surface area contributed by atoms with Crippen LogP contribution < -0.4 is 20.3 Å². The third-order valence-corrected chi connectivity index (χ3v) is 7.26. The first-order valence-electron chi connectivity index (χ1n) is 12.3. The first-order chi connectivity index (χ1) is 17.9. The van der Waals surface area contributed by atoms with Crippen molar-refractivity contribution in [3.05, 3.63) is 52.3 Å². The van der Waals surface area contributed by atoms with Gasteiger partial charge in [0.2, 0.25) is 0 Å². The van der Waals surface area contributed by atoms with E-state index in [0.29, 0.717) is 45.4 Å². The van der Waals surface area contributed by atoms with Crippen LogP contribution in [0.2, 0.25) is 0 Å². The van der Waals surface area contributed by atoms with Gasteiger partial charge in [0.25, 0.3) is 11.5 Å². The lowest BCUT2D eigenvalue weighted by Crippen LogP contribution is -2.29. The van der Waals surface area contributed by atoms with Crippen LogP contribution in [0.4, 0.5) is 5.69 Å². The van der Waals surface area contributed by atoms with Crippen molar-refractivity contribution >= 4 is 40.2 Å². The van der Waals surface area contributed by atoms with Crippen molar-refractivity contribution in [2.24, 2.45) is 0 Å². The Morgan fingerprint density at radius 1 is 1.05 bits per heavy atom. The second-order valence-electron chi connectivity index (χ2n) is 8.71. The fourth-order valence-corrected chi connectivity index (χ4v) is 5.39. The Morgan fingerprint density at radius 3 is 2.51 bits per heavy atom. The molecule has 3 aromatic rings. The van der Waals surface area contributed by atoms with Gasteiger partial charge in [-0.25, -0.2) is 4.98 Å². The molecule has 1 aliphatic carbocycles. The lowest BCUT2D eigenvalue weighted by Gasteiger charge is -2.26. The number of hydrogen-bond acceptors (Lipinski definition) is 8. The predicted octanol–water partition coefficient (Wildman–Crippen LogP) is 4.83. The summed E-state index contributed by atoms with van der Waals surface area (Å²) in [6, 6.07) is 10.00. The molecule has 1 saturated carbocycles. The lowest BCUT2D eigenvalue weighted by molar-refractivity contribution is -0.139. The largest absolute Gasteiger partial charge is 0.493 e. The minimum Gasteiger partial charge on any atom is -0.493 e. The van der Waals surface area contributed by atoms with Gasteiger partial charge in [0, 0.05) is 23.4 Å². The molecule has 10 heteroatoms. The molecular weight excluding hydrogens is 494 g/mol. The average Bonchev–Trinajstić information content (AvgIpc) is 2.92. The number of anilines is 1. The fourth-order valence-electron chi connectivity index (χ4n) is 4.53. The Hall–Kier alpha value is -3.53. The van der Waals surface area contributed by atoms with E-state index in [-0.39, 0.29) is 29.2 Å². The summed E-state index contributed by atoms with van der Waals surface area (Å²) in [5.74, 6) is 0.385. The summed E-state index contributed by atoms with van der Waals surface area (Å²) in [5, 5.41) is 3.75. The van der Waals surface area contributed by atoms with Crippen molar-refractivity contribution in [3.63, 3.8) is 0 Å². The maximum absolute atomic E-state index is 13.6. The number of rotatable bonds is 9. The Bertz CT molecular complexity index is 1350. The van der Waals surface area contributed by atoms with E-state index >= 15 is 0 Å². The summed E-state index contributed by atoms with van der Waals surface area (Å²) >= 11 is 1.19. The second-order valence-corrected chi connectivity index (χ2v) is 9.65. The Morgan fingerprint density at radius 2 is 1.81 bits per heavy atom.